The SMILES string of the molecule is CC(C#N)(CCCCl)C1Oc2ccccc2O1. The van der Waals surface area contributed by atoms with Gasteiger partial charge >= 0.3 is 0 Å². The van der Waals surface area contributed by atoms with Gasteiger partial charge in [-0.15, -0.1) is 11.6 Å². The molecule has 1 unspecified atom stereocenters. The third-order valence-corrected chi connectivity index (χ3v) is 3.19. The van der Waals surface area contributed by atoms with Crippen LogP contribution in [-0.2, 0) is 0 Å². The number of hydrogen-bond acceptors (Lipinski definition) is 3. The highest BCUT2D eigenvalue weighted by Crippen LogP contribution is 2.41. The first-order valence-electron chi connectivity index (χ1n) is 5.59. The summed E-state index contributed by atoms with van der Waals surface area (Å²) in [6.07, 6.45) is 0.879. The van der Waals surface area contributed by atoms with Crippen molar-refractivity contribution in [2.45, 2.75) is 26.1 Å². The van der Waals surface area contributed by atoms with Crippen molar-refractivity contribution in [3.63, 3.8) is 0 Å². The lowest BCUT2D eigenvalue weighted by Gasteiger charge is -2.26. The molecule has 17 heavy (non-hydrogen) atoms. The van der Waals surface area contributed by atoms with Crippen molar-refractivity contribution >= 4 is 11.6 Å². The number of para-hydroxylation sites is 2. The summed E-state index contributed by atoms with van der Waals surface area (Å²) in [4.78, 5) is 0. The van der Waals surface area contributed by atoms with Crippen LogP contribution >= 0.6 is 11.6 Å². The Morgan fingerprint density at radius 3 is 2.41 bits per heavy atom. The van der Waals surface area contributed by atoms with Crippen LogP contribution in [0.4, 0.5) is 0 Å². The first kappa shape index (κ1) is 12.1. The first-order valence-corrected chi connectivity index (χ1v) is 6.12. The van der Waals surface area contributed by atoms with E-state index >= 15 is 0 Å². The molecular weight excluding hydrogens is 238 g/mol. The van der Waals surface area contributed by atoms with E-state index in [4.69, 9.17) is 21.1 Å². The van der Waals surface area contributed by atoms with Gasteiger partial charge in [-0.3, -0.25) is 0 Å². The largest absolute Gasteiger partial charge is 0.449 e. The van der Waals surface area contributed by atoms with Gasteiger partial charge in [0.15, 0.2) is 11.5 Å². The van der Waals surface area contributed by atoms with Gasteiger partial charge in [-0.25, -0.2) is 0 Å². The summed E-state index contributed by atoms with van der Waals surface area (Å²) in [5.74, 6) is 1.94. The highest BCUT2D eigenvalue weighted by Gasteiger charge is 2.41. The van der Waals surface area contributed by atoms with E-state index in [0.717, 1.165) is 6.42 Å². The van der Waals surface area contributed by atoms with Gasteiger partial charge in [0.05, 0.1) is 6.07 Å². The lowest BCUT2D eigenvalue weighted by Crippen LogP contribution is -2.37. The number of alkyl halides is 1. The van der Waals surface area contributed by atoms with Crippen LogP contribution in [0.1, 0.15) is 19.8 Å². The average molecular weight is 252 g/mol. The van der Waals surface area contributed by atoms with Gasteiger partial charge in [-0.05, 0) is 31.9 Å². The quantitative estimate of drug-likeness (QED) is 0.771. The number of benzene rings is 1. The molecule has 0 saturated carbocycles. The molecule has 1 aliphatic rings. The third kappa shape index (κ3) is 2.32. The van der Waals surface area contributed by atoms with Crippen LogP contribution in [0.5, 0.6) is 11.5 Å². The number of rotatable bonds is 4. The minimum Gasteiger partial charge on any atom is -0.449 e. The Morgan fingerprint density at radius 1 is 1.35 bits per heavy atom. The lowest BCUT2D eigenvalue weighted by molar-refractivity contribution is -0.0339. The van der Waals surface area contributed by atoms with Gasteiger partial charge in [-0.2, -0.15) is 5.26 Å². The molecule has 1 atom stereocenters. The van der Waals surface area contributed by atoms with Gasteiger partial charge in [-0.1, -0.05) is 12.1 Å². The molecule has 2 rings (SSSR count). The molecule has 1 aromatic carbocycles. The van der Waals surface area contributed by atoms with Gasteiger partial charge in [0.1, 0.15) is 5.41 Å². The summed E-state index contributed by atoms with van der Waals surface area (Å²) in [5, 5.41) is 9.30. The highest BCUT2D eigenvalue weighted by atomic mass is 35.5. The van der Waals surface area contributed by atoms with Crippen LogP contribution in [-0.4, -0.2) is 12.2 Å². The minimum atomic E-state index is -0.673. The van der Waals surface area contributed by atoms with Crippen molar-refractivity contribution < 1.29 is 9.47 Å². The molecule has 0 fully saturated rings. The molecule has 3 nitrogen and oxygen atoms in total. The molecule has 0 N–H and O–H groups in total. The number of fused-ring (bicyclic) bond motifs is 1. The Morgan fingerprint density at radius 2 is 1.94 bits per heavy atom. The summed E-state index contributed by atoms with van der Waals surface area (Å²) in [6, 6.07) is 9.73. The number of nitriles is 1. The maximum absolute atomic E-state index is 9.30. The van der Waals surface area contributed by atoms with Crippen molar-refractivity contribution in [3.05, 3.63) is 24.3 Å². The zero-order chi connectivity index (χ0) is 12.3. The molecule has 4 heteroatoms. The molecular formula is C13H14ClNO2. The molecule has 1 aliphatic heterocycles. The molecule has 0 spiro atoms. The fourth-order valence-corrected chi connectivity index (χ4v) is 1.95. The summed E-state index contributed by atoms with van der Waals surface area (Å²) >= 11 is 5.67. The summed E-state index contributed by atoms with van der Waals surface area (Å²) in [7, 11) is 0. The molecule has 0 aliphatic carbocycles. The minimum absolute atomic E-state index is 0.539. The maximum Gasteiger partial charge on any atom is 0.259 e. The average Bonchev–Trinajstić information content (AvgIpc) is 2.80. The standard InChI is InChI=1S/C13H14ClNO2/c1-13(9-15,7-4-8-14)12-16-10-5-2-3-6-11(10)17-12/h2-3,5-6,12H,4,7-8H2,1H3. The van der Waals surface area contributed by atoms with Crippen LogP contribution in [0.2, 0.25) is 0 Å². The van der Waals surface area contributed by atoms with Gasteiger partial charge in [0.2, 0.25) is 0 Å². The molecule has 1 aromatic rings. The Kier molecular flexibility index (Phi) is 3.44. The fourth-order valence-electron chi connectivity index (χ4n) is 1.82. The van der Waals surface area contributed by atoms with Crippen LogP contribution in [0.3, 0.4) is 0 Å². The molecule has 0 amide bonds. The monoisotopic (exact) mass is 251 g/mol. The Bertz CT molecular complexity index is 418. The fraction of sp³-hybridized carbons (Fsp3) is 0.462. The summed E-state index contributed by atoms with van der Waals surface area (Å²) in [6.45, 7) is 1.84. The van der Waals surface area contributed by atoms with E-state index in [2.05, 4.69) is 6.07 Å². The second-order valence-electron chi connectivity index (χ2n) is 4.34. The molecule has 0 radical (unpaired) electrons. The van der Waals surface area contributed by atoms with Crippen LogP contribution in [0.25, 0.3) is 0 Å². The van der Waals surface area contributed by atoms with E-state index in [-0.39, 0.29) is 0 Å². The van der Waals surface area contributed by atoms with E-state index in [1.165, 1.54) is 0 Å². The van der Waals surface area contributed by atoms with E-state index < -0.39 is 11.7 Å². The lowest BCUT2D eigenvalue weighted by atomic mass is 9.86. The second kappa shape index (κ2) is 4.85. The van der Waals surface area contributed by atoms with Crippen LogP contribution in [0.15, 0.2) is 24.3 Å². The predicted octanol–water partition coefficient (Wildman–Crippen LogP) is 3.33. The molecule has 0 aromatic heterocycles. The number of nitrogens with zero attached hydrogens (tertiary/aromatic N) is 1. The topological polar surface area (TPSA) is 42.2 Å². The second-order valence-corrected chi connectivity index (χ2v) is 4.71. The zero-order valence-corrected chi connectivity index (χ0v) is 10.4. The Balaban J connectivity index is 2.13. The molecule has 90 valence electrons. The Hall–Kier alpha value is -1.40. The molecule has 1 heterocycles. The third-order valence-electron chi connectivity index (χ3n) is 2.92. The van der Waals surface area contributed by atoms with Crippen molar-refractivity contribution in [3.8, 4) is 17.6 Å². The number of ether oxygens (including phenoxy) is 2. The van der Waals surface area contributed by atoms with E-state index in [1.807, 2.05) is 31.2 Å². The van der Waals surface area contributed by atoms with Crippen molar-refractivity contribution in [2.75, 3.05) is 5.88 Å². The highest BCUT2D eigenvalue weighted by molar-refractivity contribution is 6.17. The molecule has 0 bridgehead atoms. The van der Waals surface area contributed by atoms with Crippen LogP contribution in [0, 0.1) is 16.7 Å². The first-order chi connectivity index (χ1) is 8.19. The molecule has 0 saturated heterocycles. The number of hydrogen-bond donors (Lipinski definition) is 0. The van der Waals surface area contributed by atoms with Gasteiger partial charge < -0.3 is 9.47 Å². The van der Waals surface area contributed by atoms with Crippen molar-refractivity contribution in [1.82, 2.24) is 0 Å². The zero-order valence-electron chi connectivity index (χ0n) is 9.65. The normalized spacial score (nSPS) is 17.5. The van der Waals surface area contributed by atoms with Crippen molar-refractivity contribution in [1.29, 1.82) is 5.26 Å². The van der Waals surface area contributed by atoms with Crippen molar-refractivity contribution in [2.24, 2.45) is 5.41 Å². The van der Waals surface area contributed by atoms with E-state index in [9.17, 15) is 5.26 Å². The Labute approximate surface area is 106 Å². The smallest absolute Gasteiger partial charge is 0.259 e. The van der Waals surface area contributed by atoms with Gasteiger partial charge in [0.25, 0.3) is 6.29 Å². The van der Waals surface area contributed by atoms with E-state index in [0.29, 0.717) is 23.8 Å². The summed E-state index contributed by atoms with van der Waals surface area (Å²) in [5.41, 5.74) is -0.673. The van der Waals surface area contributed by atoms with Gasteiger partial charge in [0, 0.05) is 5.88 Å². The van der Waals surface area contributed by atoms with E-state index in [1.54, 1.807) is 0 Å². The number of halogens is 1. The predicted molar refractivity (Wildman–Crippen MR) is 65.2 cm³/mol. The summed E-state index contributed by atoms with van der Waals surface area (Å²) < 4.78 is 11.3. The maximum atomic E-state index is 9.30. The van der Waals surface area contributed by atoms with Crippen LogP contribution < -0.4 is 9.47 Å².